The quantitative estimate of drug-likeness (QED) is 0.652. The largest absolute Gasteiger partial charge is 0.491 e. The third-order valence-electron chi connectivity index (χ3n) is 5.87. The van der Waals surface area contributed by atoms with Crippen molar-refractivity contribution < 1.29 is 17.5 Å². The summed E-state index contributed by atoms with van der Waals surface area (Å²) in [5.74, 6) is 0.948. The van der Waals surface area contributed by atoms with Crippen molar-refractivity contribution in [1.82, 2.24) is 14.3 Å². The van der Waals surface area contributed by atoms with Gasteiger partial charge < -0.3 is 14.5 Å². The van der Waals surface area contributed by atoms with Gasteiger partial charge in [-0.1, -0.05) is 0 Å². The maximum Gasteiger partial charge on any atom is 0.243 e. The zero-order valence-corrected chi connectivity index (χ0v) is 19.4. The Kier molecular flexibility index (Phi) is 6.80. The van der Waals surface area contributed by atoms with Crippen molar-refractivity contribution in [2.75, 3.05) is 55.7 Å². The summed E-state index contributed by atoms with van der Waals surface area (Å²) in [6.07, 6.45) is 3.59. The number of hydrogen-bond donors (Lipinski definition) is 0. The van der Waals surface area contributed by atoms with E-state index in [2.05, 4.69) is 9.88 Å². The van der Waals surface area contributed by atoms with Crippen molar-refractivity contribution in [3.8, 4) is 5.75 Å². The fourth-order valence-electron chi connectivity index (χ4n) is 4.16. The number of anilines is 2. The highest BCUT2D eigenvalue weighted by Crippen LogP contribution is 2.26. The second-order valence-electron chi connectivity index (χ2n) is 8.13. The summed E-state index contributed by atoms with van der Waals surface area (Å²) in [6, 6.07) is 5.80. The van der Waals surface area contributed by atoms with E-state index in [9.17, 15) is 12.8 Å². The summed E-state index contributed by atoms with van der Waals surface area (Å²) >= 11 is 0. The number of benzene rings is 1. The maximum absolute atomic E-state index is 14.2. The third-order valence-corrected chi connectivity index (χ3v) is 7.77. The summed E-state index contributed by atoms with van der Waals surface area (Å²) in [6.45, 7) is 7.54. The molecule has 0 atom stereocenters. The van der Waals surface area contributed by atoms with Crippen LogP contribution in [0.3, 0.4) is 0 Å². The summed E-state index contributed by atoms with van der Waals surface area (Å²) in [4.78, 5) is 13.6. The van der Waals surface area contributed by atoms with Crippen LogP contribution in [0.1, 0.15) is 31.9 Å². The summed E-state index contributed by atoms with van der Waals surface area (Å²) in [7, 11) is -3.79. The predicted octanol–water partition coefficient (Wildman–Crippen LogP) is 2.82. The molecule has 0 radical (unpaired) electrons. The molecule has 4 rings (SSSR count). The van der Waals surface area contributed by atoms with Gasteiger partial charge in [0.05, 0.1) is 11.5 Å². The van der Waals surface area contributed by atoms with Crippen LogP contribution in [0.5, 0.6) is 5.75 Å². The van der Waals surface area contributed by atoms with Crippen molar-refractivity contribution in [2.24, 2.45) is 0 Å². The lowest BCUT2D eigenvalue weighted by Gasteiger charge is -2.35. The smallest absolute Gasteiger partial charge is 0.243 e. The Hall–Kier alpha value is -2.46. The number of sulfonamides is 1. The molecule has 0 saturated carbocycles. The number of ether oxygens (including phenoxy) is 1. The number of halogens is 1. The highest BCUT2D eigenvalue weighted by Gasteiger charge is 2.30. The lowest BCUT2D eigenvalue weighted by atomic mass is 10.1. The third kappa shape index (κ3) is 4.80. The molecule has 0 aliphatic carbocycles. The van der Waals surface area contributed by atoms with Gasteiger partial charge in [-0.05, 0) is 51.3 Å². The molecule has 2 saturated heterocycles. The minimum Gasteiger partial charge on any atom is -0.491 e. The number of hydrogen-bond acceptors (Lipinski definition) is 7. The monoisotopic (exact) mass is 463 g/mol. The second kappa shape index (κ2) is 9.58. The SMILES string of the molecule is CCOc1ccc(S(=O)(=O)N2CCN(c3nc(C)cc(N4CCCCC4)n3)CC2)cc1F. The number of nitrogens with zero attached hydrogens (tertiary/aromatic N) is 5. The van der Waals surface area contributed by atoms with E-state index in [1.807, 2.05) is 17.9 Å². The van der Waals surface area contributed by atoms with Gasteiger partial charge in [0.25, 0.3) is 0 Å². The molecular weight excluding hydrogens is 433 g/mol. The van der Waals surface area contributed by atoms with Crippen LogP contribution >= 0.6 is 0 Å². The molecule has 2 aliphatic heterocycles. The summed E-state index contributed by atoms with van der Waals surface area (Å²) in [5.41, 5.74) is 0.899. The van der Waals surface area contributed by atoms with Crippen LogP contribution in [-0.2, 0) is 10.0 Å². The molecule has 10 heteroatoms. The molecule has 1 aromatic heterocycles. The molecule has 174 valence electrons. The van der Waals surface area contributed by atoms with E-state index in [1.165, 1.54) is 35.7 Å². The first-order valence-electron chi connectivity index (χ1n) is 11.2. The van der Waals surface area contributed by atoms with Crippen LogP contribution in [0.4, 0.5) is 16.2 Å². The first kappa shape index (κ1) is 22.7. The maximum atomic E-state index is 14.2. The summed E-state index contributed by atoms with van der Waals surface area (Å²) in [5, 5.41) is 0. The average Bonchev–Trinajstić information content (AvgIpc) is 2.81. The van der Waals surface area contributed by atoms with Crippen LogP contribution in [0, 0.1) is 12.7 Å². The molecule has 2 aliphatic rings. The standard InChI is InChI=1S/C22H30FN5O3S/c1-3-31-20-8-7-18(16-19(20)23)32(29,30)28-13-11-27(12-14-28)22-24-17(2)15-21(25-22)26-9-5-4-6-10-26/h7-8,15-16H,3-6,9-14H2,1-2H3. The van der Waals surface area contributed by atoms with Gasteiger partial charge >= 0.3 is 0 Å². The predicted molar refractivity (Wildman–Crippen MR) is 121 cm³/mol. The van der Waals surface area contributed by atoms with Gasteiger partial charge in [-0.25, -0.2) is 17.8 Å². The van der Waals surface area contributed by atoms with Crippen molar-refractivity contribution in [3.05, 3.63) is 35.8 Å². The molecule has 32 heavy (non-hydrogen) atoms. The Morgan fingerprint density at radius 1 is 0.969 bits per heavy atom. The lowest BCUT2D eigenvalue weighted by molar-refractivity contribution is 0.321. The Morgan fingerprint density at radius 3 is 2.34 bits per heavy atom. The van der Waals surface area contributed by atoms with Crippen LogP contribution < -0.4 is 14.5 Å². The Morgan fingerprint density at radius 2 is 1.69 bits per heavy atom. The van der Waals surface area contributed by atoms with Crippen molar-refractivity contribution in [3.63, 3.8) is 0 Å². The second-order valence-corrected chi connectivity index (χ2v) is 10.1. The van der Waals surface area contributed by atoms with E-state index in [4.69, 9.17) is 9.72 Å². The molecule has 2 fully saturated rings. The lowest BCUT2D eigenvalue weighted by Crippen LogP contribution is -2.49. The van der Waals surface area contributed by atoms with Crippen LogP contribution in [0.2, 0.25) is 0 Å². The highest BCUT2D eigenvalue weighted by molar-refractivity contribution is 7.89. The van der Waals surface area contributed by atoms with Gasteiger partial charge in [0.1, 0.15) is 5.82 Å². The molecule has 0 amide bonds. The number of piperidine rings is 1. The van der Waals surface area contributed by atoms with Gasteiger partial charge in [0.15, 0.2) is 11.6 Å². The van der Waals surface area contributed by atoms with Crippen molar-refractivity contribution in [2.45, 2.75) is 38.0 Å². The molecule has 0 spiro atoms. The zero-order chi connectivity index (χ0) is 22.7. The van der Waals surface area contributed by atoms with Crippen molar-refractivity contribution in [1.29, 1.82) is 0 Å². The Balaban J connectivity index is 1.46. The van der Waals surface area contributed by atoms with E-state index in [0.29, 0.717) is 25.6 Å². The first-order valence-corrected chi connectivity index (χ1v) is 12.6. The number of rotatable bonds is 6. The molecule has 0 unspecified atom stereocenters. The van der Waals surface area contributed by atoms with Gasteiger partial charge in [0, 0.05) is 51.0 Å². The fourth-order valence-corrected chi connectivity index (χ4v) is 5.59. The van der Waals surface area contributed by atoms with Crippen LogP contribution in [0.15, 0.2) is 29.2 Å². The van der Waals surface area contributed by atoms with Crippen LogP contribution in [-0.4, -0.2) is 68.6 Å². The van der Waals surface area contributed by atoms with Gasteiger partial charge in [-0.2, -0.15) is 9.29 Å². The number of aromatic nitrogens is 2. The van der Waals surface area contributed by atoms with Gasteiger partial charge in [-0.3, -0.25) is 0 Å². The molecular formula is C22H30FN5O3S. The van der Waals surface area contributed by atoms with Crippen molar-refractivity contribution >= 4 is 21.8 Å². The van der Waals surface area contributed by atoms with Gasteiger partial charge in [0.2, 0.25) is 16.0 Å². The number of piperazine rings is 1. The molecule has 2 aromatic rings. The molecule has 0 N–H and O–H groups in total. The first-order chi connectivity index (χ1) is 15.4. The van der Waals surface area contributed by atoms with E-state index in [0.717, 1.165) is 30.7 Å². The molecule has 3 heterocycles. The highest BCUT2D eigenvalue weighted by atomic mass is 32.2. The Bertz CT molecular complexity index is 1050. The fraction of sp³-hybridized carbons (Fsp3) is 0.545. The molecule has 1 aromatic carbocycles. The minimum absolute atomic E-state index is 0.0531. The van der Waals surface area contributed by atoms with E-state index in [1.54, 1.807) is 6.92 Å². The zero-order valence-electron chi connectivity index (χ0n) is 18.6. The van der Waals surface area contributed by atoms with Crippen LogP contribution in [0.25, 0.3) is 0 Å². The molecule has 8 nitrogen and oxygen atoms in total. The van der Waals surface area contributed by atoms with E-state index >= 15 is 0 Å². The van der Waals surface area contributed by atoms with E-state index in [-0.39, 0.29) is 23.7 Å². The normalized spacial score (nSPS) is 18.1. The molecule has 0 bridgehead atoms. The van der Waals surface area contributed by atoms with Gasteiger partial charge in [-0.15, -0.1) is 0 Å². The average molecular weight is 464 g/mol. The summed E-state index contributed by atoms with van der Waals surface area (Å²) < 4.78 is 46.8. The van der Waals surface area contributed by atoms with E-state index < -0.39 is 15.8 Å². The minimum atomic E-state index is -3.79. The number of aryl methyl sites for hydroxylation is 1. The topological polar surface area (TPSA) is 78.9 Å². The Labute approximate surface area is 189 Å².